The number of H-pyrrole nitrogens is 1. The van der Waals surface area contributed by atoms with Gasteiger partial charge in [-0.2, -0.15) is 5.10 Å². The number of aromatic amines is 1. The zero-order valence-corrected chi connectivity index (χ0v) is 13.0. The molecule has 0 bridgehead atoms. The van der Waals surface area contributed by atoms with Crippen molar-refractivity contribution >= 4 is 0 Å². The Morgan fingerprint density at radius 2 is 2.16 bits per heavy atom. The third-order valence-corrected chi connectivity index (χ3v) is 4.52. The Balaban J connectivity index is 1.70. The standard InChI is InChI=1S/C16H29N3/c1-12-15(13(2)19-18-12)8-6-10-17-14-7-5-9-16(3,4)11-14/h14,17H,5-11H2,1-4H3,(H,18,19)/t14-/m0/s1. The molecule has 0 aliphatic heterocycles. The molecule has 0 radical (unpaired) electrons. The fraction of sp³-hybridized carbons (Fsp3) is 0.812. The molecule has 2 N–H and O–H groups in total. The van der Waals surface area contributed by atoms with Crippen molar-refractivity contribution in [2.75, 3.05) is 6.54 Å². The predicted octanol–water partition coefficient (Wildman–Crippen LogP) is 3.52. The van der Waals surface area contributed by atoms with E-state index in [9.17, 15) is 0 Å². The molecular weight excluding hydrogens is 234 g/mol. The molecule has 1 aromatic rings. The van der Waals surface area contributed by atoms with Gasteiger partial charge in [0.15, 0.2) is 0 Å². The smallest absolute Gasteiger partial charge is 0.0625 e. The maximum Gasteiger partial charge on any atom is 0.0625 e. The van der Waals surface area contributed by atoms with Crippen LogP contribution in [0.25, 0.3) is 0 Å². The summed E-state index contributed by atoms with van der Waals surface area (Å²) in [6.45, 7) is 10.1. The Morgan fingerprint density at radius 3 is 2.79 bits per heavy atom. The van der Waals surface area contributed by atoms with Gasteiger partial charge in [0.1, 0.15) is 0 Å². The Hall–Kier alpha value is -0.830. The molecule has 1 aromatic heterocycles. The molecular formula is C16H29N3. The summed E-state index contributed by atoms with van der Waals surface area (Å²) < 4.78 is 0. The van der Waals surface area contributed by atoms with Gasteiger partial charge in [0, 0.05) is 11.7 Å². The molecule has 1 aliphatic rings. The number of rotatable bonds is 5. The second-order valence-corrected chi connectivity index (χ2v) is 6.93. The van der Waals surface area contributed by atoms with Gasteiger partial charge in [-0.15, -0.1) is 0 Å². The van der Waals surface area contributed by atoms with Crippen molar-refractivity contribution in [3.8, 4) is 0 Å². The van der Waals surface area contributed by atoms with Crippen molar-refractivity contribution in [3.63, 3.8) is 0 Å². The van der Waals surface area contributed by atoms with Crippen molar-refractivity contribution in [2.45, 2.75) is 72.3 Å². The van der Waals surface area contributed by atoms with Gasteiger partial charge in [0.25, 0.3) is 0 Å². The molecule has 19 heavy (non-hydrogen) atoms. The third kappa shape index (κ3) is 4.07. The Morgan fingerprint density at radius 1 is 1.37 bits per heavy atom. The lowest BCUT2D eigenvalue weighted by Crippen LogP contribution is -2.37. The molecule has 3 nitrogen and oxygen atoms in total. The van der Waals surface area contributed by atoms with E-state index in [1.165, 1.54) is 43.4 Å². The molecule has 1 aliphatic carbocycles. The fourth-order valence-corrected chi connectivity index (χ4v) is 3.39. The molecule has 0 amide bonds. The second-order valence-electron chi connectivity index (χ2n) is 6.93. The first-order valence-corrected chi connectivity index (χ1v) is 7.72. The van der Waals surface area contributed by atoms with E-state index in [4.69, 9.17) is 0 Å². The summed E-state index contributed by atoms with van der Waals surface area (Å²) in [6.07, 6.45) is 7.79. The van der Waals surface area contributed by atoms with Crippen molar-refractivity contribution in [1.82, 2.24) is 15.5 Å². The summed E-state index contributed by atoms with van der Waals surface area (Å²) in [5.41, 5.74) is 4.34. The summed E-state index contributed by atoms with van der Waals surface area (Å²) in [5, 5.41) is 11.1. The molecule has 1 saturated carbocycles. The third-order valence-electron chi connectivity index (χ3n) is 4.52. The van der Waals surface area contributed by atoms with E-state index in [2.05, 4.69) is 43.2 Å². The first-order valence-electron chi connectivity index (χ1n) is 7.72. The number of aryl methyl sites for hydroxylation is 2. The van der Waals surface area contributed by atoms with Crippen LogP contribution in [0.2, 0.25) is 0 Å². The molecule has 0 aromatic carbocycles. The van der Waals surface area contributed by atoms with Crippen molar-refractivity contribution in [2.24, 2.45) is 5.41 Å². The highest BCUT2D eigenvalue weighted by atomic mass is 15.1. The van der Waals surface area contributed by atoms with Gasteiger partial charge in [0.2, 0.25) is 0 Å². The second kappa shape index (κ2) is 6.08. The lowest BCUT2D eigenvalue weighted by Gasteiger charge is -2.35. The van der Waals surface area contributed by atoms with E-state index in [1.807, 2.05) is 0 Å². The average Bonchev–Trinajstić information content (AvgIpc) is 2.64. The van der Waals surface area contributed by atoms with Gasteiger partial charge in [0.05, 0.1) is 5.69 Å². The Kier molecular flexibility index (Phi) is 4.67. The van der Waals surface area contributed by atoms with Gasteiger partial charge < -0.3 is 5.32 Å². The van der Waals surface area contributed by atoms with Gasteiger partial charge >= 0.3 is 0 Å². The molecule has 0 unspecified atom stereocenters. The Labute approximate surface area is 117 Å². The number of hydrogen-bond acceptors (Lipinski definition) is 2. The first kappa shape index (κ1) is 14.6. The molecule has 3 heteroatoms. The maximum absolute atomic E-state index is 4.26. The maximum atomic E-state index is 4.26. The summed E-state index contributed by atoms with van der Waals surface area (Å²) in [6, 6.07) is 0.732. The van der Waals surface area contributed by atoms with Crippen LogP contribution in [0.3, 0.4) is 0 Å². The highest BCUT2D eigenvalue weighted by Gasteiger charge is 2.27. The number of nitrogens with one attached hydrogen (secondary N) is 2. The average molecular weight is 263 g/mol. The lowest BCUT2D eigenvalue weighted by molar-refractivity contribution is 0.198. The van der Waals surface area contributed by atoms with Crippen LogP contribution < -0.4 is 5.32 Å². The van der Waals surface area contributed by atoms with Crippen molar-refractivity contribution < 1.29 is 0 Å². The lowest BCUT2D eigenvalue weighted by atomic mass is 9.75. The SMILES string of the molecule is Cc1n[nH]c(C)c1CCCN[C@H]1CCCC(C)(C)C1. The van der Waals surface area contributed by atoms with E-state index in [0.29, 0.717) is 5.41 Å². The zero-order valence-electron chi connectivity index (χ0n) is 13.0. The molecule has 1 fully saturated rings. The highest BCUT2D eigenvalue weighted by Crippen LogP contribution is 2.35. The topological polar surface area (TPSA) is 40.7 Å². The van der Waals surface area contributed by atoms with Crippen LogP contribution in [0.5, 0.6) is 0 Å². The van der Waals surface area contributed by atoms with Crippen molar-refractivity contribution in [3.05, 3.63) is 17.0 Å². The van der Waals surface area contributed by atoms with Crippen molar-refractivity contribution in [1.29, 1.82) is 0 Å². The number of hydrogen-bond donors (Lipinski definition) is 2. The minimum absolute atomic E-state index is 0.535. The summed E-state index contributed by atoms with van der Waals surface area (Å²) >= 11 is 0. The van der Waals surface area contributed by atoms with Gasteiger partial charge in [-0.1, -0.05) is 20.3 Å². The van der Waals surface area contributed by atoms with E-state index >= 15 is 0 Å². The van der Waals surface area contributed by atoms with Crippen LogP contribution in [0.4, 0.5) is 0 Å². The van der Waals surface area contributed by atoms with Gasteiger partial charge in [-0.05, 0) is 63.5 Å². The minimum atomic E-state index is 0.535. The van der Waals surface area contributed by atoms with Crippen LogP contribution in [0, 0.1) is 19.3 Å². The fourth-order valence-electron chi connectivity index (χ4n) is 3.39. The summed E-state index contributed by atoms with van der Waals surface area (Å²) in [5.74, 6) is 0. The van der Waals surface area contributed by atoms with E-state index in [-0.39, 0.29) is 0 Å². The molecule has 1 atom stereocenters. The molecule has 0 spiro atoms. The van der Waals surface area contributed by atoms with Crippen LogP contribution in [-0.2, 0) is 6.42 Å². The molecule has 2 rings (SSSR count). The quantitative estimate of drug-likeness (QED) is 0.798. The van der Waals surface area contributed by atoms with Gasteiger partial charge in [-0.3, -0.25) is 5.10 Å². The van der Waals surface area contributed by atoms with E-state index < -0.39 is 0 Å². The van der Waals surface area contributed by atoms with Crippen LogP contribution in [-0.4, -0.2) is 22.8 Å². The van der Waals surface area contributed by atoms with Crippen LogP contribution in [0.15, 0.2) is 0 Å². The molecule has 0 saturated heterocycles. The van der Waals surface area contributed by atoms with Crippen LogP contribution >= 0.6 is 0 Å². The van der Waals surface area contributed by atoms with E-state index in [0.717, 1.165) is 24.7 Å². The zero-order chi connectivity index (χ0) is 13.9. The summed E-state index contributed by atoms with van der Waals surface area (Å²) in [4.78, 5) is 0. The number of aromatic nitrogens is 2. The van der Waals surface area contributed by atoms with E-state index in [1.54, 1.807) is 0 Å². The largest absolute Gasteiger partial charge is 0.314 e. The monoisotopic (exact) mass is 263 g/mol. The predicted molar refractivity (Wildman–Crippen MR) is 80.4 cm³/mol. The van der Waals surface area contributed by atoms with Gasteiger partial charge in [-0.25, -0.2) is 0 Å². The minimum Gasteiger partial charge on any atom is -0.314 e. The molecule has 108 valence electrons. The normalized spacial score (nSPS) is 22.6. The first-order chi connectivity index (χ1) is 8.98. The number of nitrogens with zero attached hydrogens (tertiary/aromatic N) is 1. The highest BCUT2D eigenvalue weighted by molar-refractivity contribution is 5.23. The Bertz CT molecular complexity index is 387. The van der Waals surface area contributed by atoms with Crippen LogP contribution in [0.1, 0.15) is 62.9 Å². The molecule has 1 heterocycles. The summed E-state index contributed by atoms with van der Waals surface area (Å²) in [7, 11) is 0.